The van der Waals surface area contributed by atoms with Crippen molar-refractivity contribution in [2.24, 2.45) is 0 Å². The van der Waals surface area contributed by atoms with Crippen LogP contribution in [0.1, 0.15) is 26.7 Å². The molecule has 0 aromatic carbocycles. The molecule has 1 fully saturated rings. The van der Waals surface area contributed by atoms with Gasteiger partial charge in [0.25, 0.3) is 0 Å². The van der Waals surface area contributed by atoms with Crippen molar-refractivity contribution in [3.63, 3.8) is 0 Å². The zero-order valence-corrected chi connectivity index (χ0v) is 7.89. The SMILES string of the molecule is CCN(C)CC1(CC)CCO1. The average molecular weight is 157 g/mol. The summed E-state index contributed by atoms with van der Waals surface area (Å²) < 4.78 is 5.60. The Bertz CT molecular complexity index is 115. The van der Waals surface area contributed by atoms with E-state index >= 15 is 0 Å². The predicted octanol–water partition coefficient (Wildman–Crippen LogP) is 1.51. The second kappa shape index (κ2) is 3.55. The van der Waals surface area contributed by atoms with Gasteiger partial charge in [0, 0.05) is 13.0 Å². The van der Waals surface area contributed by atoms with E-state index in [1.165, 1.54) is 6.42 Å². The fourth-order valence-corrected chi connectivity index (χ4v) is 1.51. The molecule has 1 aliphatic rings. The van der Waals surface area contributed by atoms with E-state index in [0.29, 0.717) is 0 Å². The molecule has 1 saturated heterocycles. The molecule has 1 aliphatic heterocycles. The van der Waals surface area contributed by atoms with E-state index in [-0.39, 0.29) is 5.60 Å². The zero-order valence-electron chi connectivity index (χ0n) is 7.89. The van der Waals surface area contributed by atoms with Gasteiger partial charge in [-0.25, -0.2) is 0 Å². The van der Waals surface area contributed by atoms with E-state index in [1.807, 2.05) is 0 Å². The van der Waals surface area contributed by atoms with Crippen molar-refractivity contribution >= 4 is 0 Å². The van der Waals surface area contributed by atoms with Crippen LogP contribution in [0.4, 0.5) is 0 Å². The van der Waals surface area contributed by atoms with Crippen molar-refractivity contribution in [1.29, 1.82) is 0 Å². The van der Waals surface area contributed by atoms with Gasteiger partial charge in [-0.2, -0.15) is 0 Å². The molecule has 2 nitrogen and oxygen atoms in total. The third kappa shape index (κ3) is 1.94. The summed E-state index contributed by atoms with van der Waals surface area (Å²) in [5.74, 6) is 0. The minimum absolute atomic E-state index is 0.213. The van der Waals surface area contributed by atoms with E-state index in [1.54, 1.807) is 0 Å². The molecule has 2 heteroatoms. The number of hydrogen-bond acceptors (Lipinski definition) is 2. The van der Waals surface area contributed by atoms with Crippen LogP contribution in [0, 0.1) is 0 Å². The van der Waals surface area contributed by atoms with Crippen molar-refractivity contribution in [1.82, 2.24) is 4.90 Å². The summed E-state index contributed by atoms with van der Waals surface area (Å²) in [6.07, 6.45) is 2.39. The van der Waals surface area contributed by atoms with Gasteiger partial charge in [0.05, 0.1) is 12.2 Å². The molecule has 1 rings (SSSR count). The first kappa shape index (κ1) is 9.01. The largest absolute Gasteiger partial charge is 0.373 e. The quantitative estimate of drug-likeness (QED) is 0.613. The number of rotatable bonds is 4. The first-order valence-electron chi connectivity index (χ1n) is 4.55. The maximum absolute atomic E-state index is 5.60. The highest BCUT2D eigenvalue weighted by molar-refractivity contribution is 4.88. The molecule has 11 heavy (non-hydrogen) atoms. The van der Waals surface area contributed by atoms with Crippen LogP contribution in [0.5, 0.6) is 0 Å². The van der Waals surface area contributed by atoms with Gasteiger partial charge >= 0.3 is 0 Å². The summed E-state index contributed by atoms with van der Waals surface area (Å²) in [4.78, 5) is 2.32. The molecule has 0 amide bonds. The third-order valence-electron chi connectivity index (χ3n) is 2.71. The highest BCUT2D eigenvalue weighted by atomic mass is 16.5. The van der Waals surface area contributed by atoms with Gasteiger partial charge in [-0.15, -0.1) is 0 Å². The lowest BCUT2D eigenvalue weighted by atomic mass is 9.91. The van der Waals surface area contributed by atoms with Gasteiger partial charge < -0.3 is 9.64 Å². The maximum atomic E-state index is 5.60. The van der Waals surface area contributed by atoms with Crippen molar-refractivity contribution in [3.8, 4) is 0 Å². The monoisotopic (exact) mass is 157 g/mol. The summed E-state index contributed by atoms with van der Waals surface area (Å²) in [6.45, 7) is 7.57. The van der Waals surface area contributed by atoms with Gasteiger partial charge in [-0.3, -0.25) is 0 Å². The summed E-state index contributed by atoms with van der Waals surface area (Å²) in [5, 5.41) is 0. The fraction of sp³-hybridized carbons (Fsp3) is 1.00. The van der Waals surface area contributed by atoms with Gasteiger partial charge in [0.2, 0.25) is 0 Å². The number of likely N-dealkylation sites (N-methyl/N-ethyl adjacent to an activating group) is 1. The standard InChI is InChI=1S/C9H19NO/c1-4-9(6-7-11-9)8-10(3)5-2/h4-8H2,1-3H3. The Morgan fingerprint density at radius 2 is 2.09 bits per heavy atom. The lowest BCUT2D eigenvalue weighted by Crippen LogP contribution is -2.51. The fourth-order valence-electron chi connectivity index (χ4n) is 1.51. The smallest absolute Gasteiger partial charge is 0.0827 e. The Labute approximate surface area is 69.5 Å². The van der Waals surface area contributed by atoms with E-state index in [2.05, 4.69) is 25.8 Å². The molecule has 0 aromatic heterocycles. The third-order valence-corrected chi connectivity index (χ3v) is 2.71. The van der Waals surface area contributed by atoms with E-state index in [4.69, 9.17) is 4.74 Å². The first-order chi connectivity index (χ1) is 5.22. The Balaban J connectivity index is 2.32. The predicted molar refractivity (Wildman–Crippen MR) is 46.8 cm³/mol. The molecule has 0 radical (unpaired) electrons. The molecule has 1 heterocycles. The molecule has 0 saturated carbocycles. The van der Waals surface area contributed by atoms with Crippen molar-refractivity contribution < 1.29 is 4.74 Å². The van der Waals surface area contributed by atoms with E-state index in [9.17, 15) is 0 Å². The molecule has 0 aliphatic carbocycles. The average Bonchev–Trinajstić information content (AvgIpc) is 1.96. The Morgan fingerprint density at radius 1 is 1.45 bits per heavy atom. The second-order valence-electron chi connectivity index (χ2n) is 3.47. The molecule has 0 N–H and O–H groups in total. The lowest BCUT2D eigenvalue weighted by Gasteiger charge is -2.43. The van der Waals surface area contributed by atoms with Crippen molar-refractivity contribution in [3.05, 3.63) is 0 Å². The number of nitrogens with zero attached hydrogens (tertiary/aromatic N) is 1. The van der Waals surface area contributed by atoms with Gasteiger partial charge in [-0.05, 0) is 20.0 Å². The lowest BCUT2D eigenvalue weighted by molar-refractivity contribution is -0.158. The molecule has 0 aromatic rings. The second-order valence-corrected chi connectivity index (χ2v) is 3.47. The van der Waals surface area contributed by atoms with E-state index in [0.717, 1.165) is 26.1 Å². The Hall–Kier alpha value is -0.0800. The minimum Gasteiger partial charge on any atom is -0.373 e. The van der Waals surface area contributed by atoms with Crippen LogP contribution in [0.25, 0.3) is 0 Å². The topological polar surface area (TPSA) is 12.5 Å². The van der Waals surface area contributed by atoms with Crippen LogP contribution in [-0.2, 0) is 4.74 Å². The molecular weight excluding hydrogens is 138 g/mol. The molecule has 1 atom stereocenters. The Kier molecular flexibility index (Phi) is 2.90. The van der Waals surface area contributed by atoms with Gasteiger partial charge in [-0.1, -0.05) is 13.8 Å². The summed E-state index contributed by atoms with van der Waals surface area (Å²) in [6, 6.07) is 0. The summed E-state index contributed by atoms with van der Waals surface area (Å²) in [7, 11) is 2.15. The highest BCUT2D eigenvalue weighted by Gasteiger charge is 2.36. The number of hydrogen-bond donors (Lipinski definition) is 0. The van der Waals surface area contributed by atoms with Crippen LogP contribution < -0.4 is 0 Å². The van der Waals surface area contributed by atoms with E-state index < -0.39 is 0 Å². The molecule has 0 bridgehead atoms. The van der Waals surface area contributed by atoms with Crippen LogP contribution in [0.3, 0.4) is 0 Å². The zero-order chi connectivity index (χ0) is 8.32. The van der Waals surface area contributed by atoms with Crippen molar-refractivity contribution in [2.75, 3.05) is 26.7 Å². The van der Waals surface area contributed by atoms with Gasteiger partial charge in [0.15, 0.2) is 0 Å². The van der Waals surface area contributed by atoms with Crippen LogP contribution in [-0.4, -0.2) is 37.2 Å². The van der Waals surface area contributed by atoms with Crippen LogP contribution in [0.2, 0.25) is 0 Å². The molecule has 1 unspecified atom stereocenters. The summed E-state index contributed by atoms with van der Waals surface area (Å²) in [5.41, 5.74) is 0.213. The first-order valence-corrected chi connectivity index (χ1v) is 4.55. The molecule has 0 spiro atoms. The van der Waals surface area contributed by atoms with Crippen LogP contribution in [0.15, 0.2) is 0 Å². The van der Waals surface area contributed by atoms with Crippen molar-refractivity contribution in [2.45, 2.75) is 32.3 Å². The molecule has 66 valence electrons. The highest BCUT2D eigenvalue weighted by Crippen LogP contribution is 2.30. The Morgan fingerprint density at radius 3 is 2.36 bits per heavy atom. The maximum Gasteiger partial charge on any atom is 0.0827 e. The normalized spacial score (nSPS) is 30.5. The van der Waals surface area contributed by atoms with Crippen LogP contribution >= 0.6 is 0 Å². The summed E-state index contributed by atoms with van der Waals surface area (Å²) >= 11 is 0. The minimum atomic E-state index is 0.213. The molecular formula is C9H19NO. The van der Waals surface area contributed by atoms with Gasteiger partial charge in [0.1, 0.15) is 0 Å². The number of ether oxygens (including phenoxy) is 1.